The second-order valence-corrected chi connectivity index (χ2v) is 5.99. The van der Waals surface area contributed by atoms with Gasteiger partial charge in [0.05, 0.1) is 5.52 Å². The van der Waals surface area contributed by atoms with Gasteiger partial charge in [0, 0.05) is 10.4 Å². The molecule has 6 nitrogen and oxygen atoms in total. The van der Waals surface area contributed by atoms with Crippen LogP contribution in [0, 0.1) is 0 Å². The third-order valence-corrected chi connectivity index (χ3v) is 3.84. The molecule has 0 saturated heterocycles. The number of pyridine rings is 1. The Bertz CT molecular complexity index is 961. The Morgan fingerprint density at radius 2 is 1.85 bits per heavy atom. The molecule has 2 aromatic carbocycles. The highest BCUT2D eigenvalue weighted by Gasteiger charge is 2.16. The molecule has 1 unspecified atom stereocenters. The van der Waals surface area contributed by atoms with E-state index in [-0.39, 0.29) is 5.69 Å². The van der Waals surface area contributed by atoms with E-state index in [0.717, 1.165) is 5.39 Å². The minimum absolute atomic E-state index is 0.201. The summed E-state index contributed by atoms with van der Waals surface area (Å²) in [7, 11) is 0. The van der Waals surface area contributed by atoms with Crippen molar-refractivity contribution in [1.82, 2.24) is 15.8 Å². The normalized spacial score (nSPS) is 11.6. The summed E-state index contributed by atoms with van der Waals surface area (Å²) in [5.74, 6) is -0.555. The number of nitrogens with zero attached hydrogens (tertiary/aromatic N) is 1. The van der Waals surface area contributed by atoms with E-state index < -0.39 is 17.9 Å². The highest BCUT2D eigenvalue weighted by atomic mass is 35.5. The van der Waals surface area contributed by atoms with Crippen molar-refractivity contribution in [2.75, 3.05) is 0 Å². The summed E-state index contributed by atoms with van der Waals surface area (Å²) in [5, 5.41) is 1.43. The number of hydrogen-bond acceptors (Lipinski definition) is 4. The van der Waals surface area contributed by atoms with Crippen molar-refractivity contribution < 1.29 is 14.3 Å². The van der Waals surface area contributed by atoms with Gasteiger partial charge in [0.15, 0.2) is 6.10 Å². The molecule has 2 N–H and O–H groups in total. The van der Waals surface area contributed by atoms with Gasteiger partial charge in [-0.1, -0.05) is 41.9 Å². The fourth-order valence-corrected chi connectivity index (χ4v) is 2.45. The molecule has 3 rings (SSSR count). The smallest absolute Gasteiger partial charge is 0.288 e. The van der Waals surface area contributed by atoms with Crippen LogP contribution in [0.3, 0.4) is 0 Å². The number of hydrogen-bond donors (Lipinski definition) is 2. The maximum absolute atomic E-state index is 12.2. The van der Waals surface area contributed by atoms with Crippen LogP contribution in [0.5, 0.6) is 5.75 Å². The predicted molar refractivity (Wildman–Crippen MR) is 98.9 cm³/mol. The van der Waals surface area contributed by atoms with Crippen LogP contribution in [0.25, 0.3) is 10.9 Å². The molecule has 0 spiro atoms. The number of para-hydroxylation sites is 1. The molecule has 26 heavy (non-hydrogen) atoms. The Morgan fingerprint density at radius 1 is 1.04 bits per heavy atom. The van der Waals surface area contributed by atoms with Crippen molar-refractivity contribution in [3.05, 3.63) is 71.4 Å². The van der Waals surface area contributed by atoms with Crippen LogP contribution in [0.2, 0.25) is 5.02 Å². The number of aromatic nitrogens is 1. The monoisotopic (exact) mass is 369 g/mol. The van der Waals surface area contributed by atoms with E-state index in [1.54, 1.807) is 43.3 Å². The van der Waals surface area contributed by atoms with Gasteiger partial charge in [0.1, 0.15) is 11.4 Å². The number of benzene rings is 2. The highest BCUT2D eigenvalue weighted by molar-refractivity contribution is 6.30. The average molecular weight is 370 g/mol. The first kappa shape index (κ1) is 17.7. The molecule has 0 aliphatic carbocycles. The Morgan fingerprint density at radius 3 is 2.65 bits per heavy atom. The molecule has 0 bridgehead atoms. The van der Waals surface area contributed by atoms with E-state index in [4.69, 9.17) is 16.3 Å². The standard InChI is InChI=1S/C19H16ClN3O3/c1-12(26-15-7-4-6-14(20)11-15)18(24)22-23-19(25)17-10-9-13-5-2-3-8-16(13)21-17/h2-12H,1H3,(H,22,24)(H,23,25). The van der Waals surface area contributed by atoms with Gasteiger partial charge in [-0.3, -0.25) is 20.4 Å². The van der Waals surface area contributed by atoms with E-state index in [1.165, 1.54) is 0 Å². The lowest BCUT2D eigenvalue weighted by Crippen LogP contribution is -2.47. The lowest BCUT2D eigenvalue weighted by Gasteiger charge is -2.15. The second-order valence-electron chi connectivity index (χ2n) is 5.55. The van der Waals surface area contributed by atoms with Crippen molar-refractivity contribution >= 4 is 34.3 Å². The molecule has 1 aromatic heterocycles. The molecular weight excluding hydrogens is 354 g/mol. The molecule has 1 atom stereocenters. The van der Waals surface area contributed by atoms with Crippen LogP contribution in [0.1, 0.15) is 17.4 Å². The fraction of sp³-hybridized carbons (Fsp3) is 0.105. The number of rotatable bonds is 4. The van der Waals surface area contributed by atoms with Gasteiger partial charge in [-0.05, 0) is 37.3 Å². The number of amides is 2. The second kappa shape index (κ2) is 7.84. The van der Waals surface area contributed by atoms with Crippen LogP contribution in [-0.4, -0.2) is 22.9 Å². The van der Waals surface area contributed by atoms with E-state index in [0.29, 0.717) is 16.3 Å². The van der Waals surface area contributed by atoms with Crippen molar-refractivity contribution in [3.8, 4) is 5.75 Å². The van der Waals surface area contributed by atoms with E-state index >= 15 is 0 Å². The van der Waals surface area contributed by atoms with Gasteiger partial charge in [-0.25, -0.2) is 4.98 Å². The van der Waals surface area contributed by atoms with Gasteiger partial charge in [-0.15, -0.1) is 0 Å². The summed E-state index contributed by atoms with van der Waals surface area (Å²) in [6, 6.07) is 17.5. The lowest BCUT2D eigenvalue weighted by molar-refractivity contribution is -0.128. The molecule has 0 radical (unpaired) electrons. The Labute approximate surface area is 155 Å². The zero-order valence-electron chi connectivity index (χ0n) is 13.9. The molecule has 1 heterocycles. The molecule has 2 amide bonds. The predicted octanol–water partition coefficient (Wildman–Crippen LogP) is 3.12. The molecule has 7 heteroatoms. The summed E-state index contributed by atoms with van der Waals surface area (Å²) >= 11 is 5.88. The van der Waals surface area contributed by atoms with Crippen LogP contribution >= 0.6 is 11.6 Å². The molecule has 0 aliphatic heterocycles. The molecule has 3 aromatic rings. The Hall–Kier alpha value is -3.12. The molecule has 0 saturated carbocycles. The van der Waals surface area contributed by atoms with Crippen LogP contribution in [0.4, 0.5) is 0 Å². The number of carbonyl (C=O) groups excluding carboxylic acids is 2. The maximum atomic E-state index is 12.2. The number of carbonyl (C=O) groups is 2. The molecule has 132 valence electrons. The quantitative estimate of drug-likeness (QED) is 0.692. The number of ether oxygens (including phenoxy) is 1. The van der Waals surface area contributed by atoms with Crippen LogP contribution < -0.4 is 15.6 Å². The number of nitrogens with one attached hydrogen (secondary N) is 2. The van der Waals surface area contributed by atoms with E-state index in [2.05, 4.69) is 15.8 Å². The van der Waals surface area contributed by atoms with Crippen molar-refractivity contribution in [3.63, 3.8) is 0 Å². The van der Waals surface area contributed by atoms with E-state index in [1.807, 2.05) is 24.3 Å². The number of hydrazine groups is 1. The Kier molecular flexibility index (Phi) is 5.34. The van der Waals surface area contributed by atoms with Gasteiger partial charge in [-0.2, -0.15) is 0 Å². The van der Waals surface area contributed by atoms with Gasteiger partial charge < -0.3 is 4.74 Å². The summed E-state index contributed by atoms with van der Waals surface area (Å²) in [6.45, 7) is 1.57. The zero-order chi connectivity index (χ0) is 18.5. The van der Waals surface area contributed by atoms with Crippen LogP contribution in [0.15, 0.2) is 60.7 Å². The third kappa shape index (κ3) is 4.29. The zero-order valence-corrected chi connectivity index (χ0v) is 14.7. The van der Waals surface area contributed by atoms with Crippen molar-refractivity contribution in [1.29, 1.82) is 0 Å². The first-order valence-electron chi connectivity index (χ1n) is 7.91. The topological polar surface area (TPSA) is 80.3 Å². The van der Waals surface area contributed by atoms with E-state index in [9.17, 15) is 9.59 Å². The number of halogens is 1. The van der Waals surface area contributed by atoms with Gasteiger partial charge in [0.2, 0.25) is 0 Å². The minimum atomic E-state index is -0.821. The maximum Gasteiger partial charge on any atom is 0.288 e. The summed E-state index contributed by atoms with van der Waals surface area (Å²) < 4.78 is 5.49. The average Bonchev–Trinajstić information content (AvgIpc) is 2.65. The fourth-order valence-electron chi connectivity index (χ4n) is 2.27. The lowest BCUT2D eigenvalue weighted by atomic mass is 10.2. The molecule has 0 fully saturated rings. The largest absolute Gasteiger partial charge is 0.481 e. The number of fused-ring (bicyclic) bond motifs is 1. The third-order valence-electron chi connectivity index (χ3n) is 3.61. The van der Waals surface area contributed by atoms with Gasteiger partial charge >= 0.3 is 0 Å². The minimum Gasteiger partial charge on any atom is -0.481 e. The summed E-state index contributed by atoms with van der Waals surface area (Å²) in [5.41, 5.74) is 5.56. The first-order chi connectivity index (χ1) is 12.5. The highest BCUT2D eigenvalue weighted by Crippen LogP contribution is 2.18. The molecular formula is C19H16ClN3O3. The molecule has 0 aliphatic rings. The van der Waals surface area contributed by atoms with Crippen molar-refractivity contribution in [2.45, 2.75) is 13.0 Å². The van der Waals surface area contributed by atoms with Crippen LogP contribution in [-0.2, 0) is 4.79 Å². The van der Waals surface area contributed by atoms with Crippen molar-refractivity contribution in [2.24, 2.45) is 0 Å². The van der Waals surface area contributed by atoms with Gasteiger partial charge in [0.25, 0.3) is 11.8 Å². The summed E-state index contributed by atoms with van der Waals surface area (Å²) in [6.07, 6.45) is -0.821. The summed E-state index contributed by atoms with van der Waals surface area (Å²) in [4.78, 5) is 28.5. The Balaban J connectivity index is 1.58. The first-order valence-corrected chi connectivity index (χ1v) is 8.29. The SMILES string of the molecule is CC(Oc1cccc(Cl)c1)C(=O)NNC(=O)c1ccc2ccccc2n1.